The first-order valence-electron chi connectivity index (χ1n) is 21.3. The van der Waals surface area contributed by atoms with Gasteiger partial charge in [-0.1, -0.05) is 38.1 Å². The number of hydrogen-bond acceptors (Lipinski definition) is 9. The zero-order chi connectivity index (χ0) is 46.0. The Bertz CT molecular complexity index is 2810. The van der Waals surface area contributed by atoms with Gasteiger partial charge < -0.3 is 10.2 Å². The number of imidazole rings is 1. The molecule has 334 valence electrons. The molecule has 2 aliphatic heterocycles. The lowest BCUT2D eigenvalue weighted by atomic mass is 9.91. The Balaban J connectivity index is 0.000000195. The van der Waals surface area contributed by atoms with E-state index < -0.39 is 12.5 Å². The van der Waals surface area contributed by atoms with E-state index in [-0.39, 0.29) is 35.4 Å². The molecule has 0 spiro atoms. The van der Waals surface area contributed by atoms with E-state index in [0.29, 0.717) is 48.3 Å². The van der Waals surface area contributed by atoms with Crippen LogP contribution in [0.1, 0.15) is 89.5 Å². The molecule has 64 heavy (non-hydrogen) atoms. The number of nitrogens with zero attached hydrogens (tertiary/aromatic N) is 7. The first-order chi connectivity index (χ1) is 30.6. The second-order valence-electron chi connectivity index (χ2n) is 16.8. The average molecular weight is 874 g/mol. The summed E-state index contributed by atoms with van der Waals surface area (Å²) >= 11 is 0. The van der Waals surface area contributed by atoms with Crippen molar-refractivity contribution >= 4 is 46.9 Å². The molecule has 1 unspecified atom stereocenters. The van der Waals surface area contributed by atoms with Crippen molar-refractivity contribution in [3.8, 4) is 22.4 Å². The third-order valence-electron chi connectivity index (χ3n) is 12.2. The number of hydrogen-bond donors (Lipinski definition) is 2. The van der Waals surface area contributed by atoms with Crippen molar-refractivity contribution in [2.45, 2.75) is 77.9 Å². The fourth-order valence-corrected chi connectivity index (χ4v) is 8.78. The molecule has 8 rings (SSSR count). The van der Waals surface area contributed by atoms with Gasteiger partial charge in [0, 0.05) is 86.2 Å². The van der Waals surface area contributed by atoms with E-state index in [1.165, 1.54) is 0 Å². The van der Waals surface area contributed by atoms with E-state index in [9.17, 15) is 32.8 Å². The van der Waals surface area contributed by atoms with Gasteiger partial charge in [0.1, 0.15) is 6.29 Å². The molecule has 6 aromatic rings. The van der Waals surface area contributed by atoms with Crippen LogP contribution in [-0.2, 0) is 55.0 Å². The number of amides is 3. The number of piperidine rings is 1. The lowest BCUT2D eigenvalue weighted by Gasteiger charge is -2.33. The molecule has 1 atom stereocenters. The van der Waals surface area contributed by atoms with E-state index in [0.717, 1.165) is 81.7 Å². The van der Waals surface area contributed by atoms with Crippen LogP contribution < -0.4 is 21.2 Å². The number of likely N-dealkylation sites (N-methyl/N-ethyl adjacent to an activating group) is 1. The number of imide groups is 1. The SMILES string of the molecule is CN(Cc1c(C=O)cccc1-c1cc(CNC=O)n(C)n1)C1CCC(=O)NC1=O.Cc1ccc(-c2cc3c(cc2C(F)F)N(c2cc(C(C)C)c4c(c2)n(C)c(=O)n4C)CCC3)cn1. The number of carbonyl (C=O) groups is 4. The summed E-state index contributed by atoms with van der Waals surface area (Å²) in [5, 5.41) is 9.49. The zero-order valence-electron chi connectivity index (χ0n) is 37.1. The summed E-state index contributed by atoms with van der Waals surface area (Å²) in [7, 11) is 7.15. The third-order valence-corrected chi connectivity index (χ3v) is 12.2. The summed E-state index contributed by atoms with van der Waals surface area (Å²) in [4.78, 5) is 66.8. The van der Waals surface area contributed by atoms with Crippen molar-refractivity contribution in [2.24, 2.45) is 21.1 Å². The molecule has 3 aromatic heterocycles. The van der Waals surface area contributed by atoms with Gasteiger partial charge in [-0.15, -0.1) is 0 Å². The first kappa shape index (κ1) is 45.2. The molecule has 14 nitrogen and oxygen atoms in total. The van der Waals surface area contributed by atoms with Gasteiger partial charge in [0.05, 0.1) is 35.0 Å². The van der Waals surface area contributed by atoms with Crippen LogP contribution in [0.15, 0.2) is 71.7 Å². The average Bonchev–Trinajstić information content (AvgIpc) is 3.75. The van der Waals surface area contributed by atoms with Crippen molar-refractivity contribution in [1.29, 1.82) is 0 Å². The number of nitrogens with one attached hydrogen (secondary N) is 2. The first-order valence-corrected chi connectivity index (χ1v) is 21.3. The van der Waals surface area contributed by atoms with Crippen LogP contribution >= 0.6 is 0 Å². The fraction of sp³-hybridized carbons (Fsp3) is 0.354. The van der Waals surface area contributed by atoms with Crippen molar-refractivity contribution < 1.29 is 28.0 Å². The number of rotatable bonds is 12. The van der Waals surface area contributed by atoms with Crippen LogP contribution in [0.5, 0.6) is 0 Å². The summed E-state index contributed by atoms with van der Waals surface area (Å²) in [6, 6.07) is 18.2. The highest BCUT2D eigenvalue weighted by Crippen LogP contribution is 2.43. The van der Waals surface area contributed by atoms with Gasteiger partial charge in [-0.2, -0.15) is 5.10 Å². The van der Waals surface area contributed by atoms with E-state index in [2.05, 4.69) is 45.5 Å². The number of halogens is 2. The molecule has 3 amide bonds. The normalized spacial score (nSPS) is 15.1. The maximum Gasteiger partial charge on any atom is 0.328 e. The van der Waals surface area contributed by atoms with Gasteiger partial charge in [0.25, 0.3) is 6.43 Å². The second-order valence-corrected chi connectivity index (χ2v) is 16.8. The van der Waals surface area contributed by atoms with E-state index in [4.69, 9.17) is 0 Å². The monoisotopic (exact) mass is 873 g/mol. The number of pyridine rings is 1. The van der Waals surface area contributed by atoms with E-state index in [1.54, 1.807) is 66.4 Å². The molecule has 2 aliphatic rings. The van der Waals surface area contributed by atoms with Crippen LogP contribution in [0.2, 0.25) is 0 Å². The summed E-state index contributed by atoms with van der Waals surface area (Å²) in [6.45, 7) is 7.51. The molecule has 0 saturated carbocycles. The topological polar surface area (TPSA) is 156 Å². The summed E-state index contributed by atoms with van der Waals surface area (Å²) in [5.74, 6) is -0.393. The molecular weight excluding hydrogens is 821 g/mol. The maximum absolute atomic E-state index is 14.3. The maximum atomic E-state index is 14.3. The molecule has 1 fully saturated rings. The lowest BCUT2D eigenvalue weighted by Crippen LogP contribution is -2.51. The Morgan fingerprint density at radius 2 is 1.73 bits per heavy atom. The predicted octanol–water partition coefficient (Wildman–Crippen LogP) is 6.78. The Kier molecular flexibility index (Phi) is 13.3. The highest BCUT2D eigenvalue weighted by molar-refractivity contribution is 6.00. The van der Waals surface area contributed by atoms with Crippen LogP contribution in [0, 0.1) is 6.92 Å². The van der Waals surface area contributed by atoms with Crippen LogP contribution in [0.25, 0.3) is 33.4 Å². The quantitative estimate of drug-likeness (QED) is 0.100. The van der Waals surface area contributed by atoms with Crippen molar-refractivity contribution in [3.05, 3.63) is 117 Å². The lowest BCUT2D eigenvalue weighted by molar-refractivity contribution is -0.137. The van der Waals surface area contributed by atoms with Gasteiger partial charge in [0.2, 0.25) is 18.2 Å². The minimum Gasteiger partial charge on any atom is -0.353 e. The summed E-state index contributed by atoms with van der Waals surface area (Å²) in [5.41, 5.74) is 11.2. The molecule has 0 aliphatic carbocycles. The third kappa shape index (κ3) is 9.00. The van der Waals surface area contributed by atoms with E-state index in [1.807, 2.05) is 48.2 Å². The number of benzene rings is 3. The molecule has 0 radical (unpaired) electrons. The Morgan fingerprint density at radius 1 is 0.953 bits per heavy atom. The van der Waals surface area contributed by atoms with Gasteiger partial charge in [-0.05, 0) is 97.8 Å². The van der Waals surface area contributed by atoms with Gasteiger partial charge in [0.15, 0.2) is 0 Å². The largest absolute Gasteiger partial charge is 0.353 e. The van der Waals surface area contributed by atoms with Crippen molar-refractivity contribution in [3.63, 3.8) is 0 Å². The van der Waals surface area contributed by atoms with Crippen LogP contribution in [-0.4, -0.2) is 72.9 Å². The smallest absolute Gasteiger partial charge is 0.328 e. The number of alkyl halides is 2. The standard InChI is InChI=1S/C28H30F2N4O.C20H23N5O4/c1-16(2)21-12-20(13-25-26(21)33(5)28(35)32(25)4)34-10-6-7-18-11-22(19-9-8-17(3)31-15-19)23(27(29)30)14-24(18)34;1-24(18-6-7-19(28)22-20(18)29)10-16-13(11-26)4-3-5-15(16)17-8-14(9-21-12-27)25(2)23-17/h8-9,11-16,27H,6-7,10H2,1-5H3;3-5,8,11-12,18H,6-7,9-10H2,1-2H3,(H,21,27)(H,22,28,29). The fourth-order valence-electron chi connectivity index (χ4n) is 8.78. The second kappa shape index (κ2) is 18.9. The molecular formula is C48H53F2N9O5. The Morgan fingerprint density at radius 3 is 2.41 bits per heavy atom. The predicted molar refractivity (Wildman–Crippen MR) is 242 cm³/mol. The highest BCUT2D eigenvalue weighted by Gasteiger charge is 2.31. The molecule has 0 bridgehead atoms. The van der Waals surface area contributed by atoms with Crippen LogP contribution in [0.4, 0.5) is 20.2 Å². The molecule has 5 heterocycles. The minimum absolute atomic E-state index is 0.0126. The number of aryl methyl sites for hydroxylation is 5. The van der Waals surface area contributed by atoms with Crippen molar-refractivity contribution in [2.75, 3.05) is 18.5 Å². The Hall–Kier alpha value is -6.81. The molecule has 16 heteroatoms. The molecule has 3 aromatic carbocycles. The number of fused-ring (bicyclic) bond motifs is 2. The van der Waals surface area contributed by atoms with E-state index >= 15 is 0 Å². The summed E-state index contributed by atoms with van der Waals surface area (Å²) in [6.07, 6.45) is 2.93. The molecule has 1 saturated heterocycles. The number of aldehydes is 1. The number of carbonyl (C=O) groups excluding carboxylic acids is 4. The van der Waals surface area contributed by atoms with Gasteiger partial charge in [-0.25, -0.2) is 13.6 Å². The summed E-state index contributed by atoms with van der Waals surface area (Å²) < 4.78 is 33.6. The minimum atomic E-state index is -2.61. The van der Waals surface area contributed by atoms with Crippen LogP contribution in [0.3, 0.4) is 0 Å². The van der Waals surface area contributed by atoms with Crippen molar-refractivity contribution in [1.82, 2.24) is 39.4 Å². The van der Waals surface area contributed by atoms with Gasteiger partial charge >= 0.3 is 5.69 Å². The zero-order valence-corrected chi connectivity index (χ0v) is 37.1. The number of anilines is 2. The molecule has 2 N–H and O–H groups in total. The van der Waals surface area contributed by atoms with Gasteiger partial charge in [-0.3, -0.25) is 48.2 Å². The Labute approximate surface area is 369 Å². The number of aromatic nitrogens is 5. The highest BCUT2D eigenvalue weighted by atomic mass is 19.3.